The van der Waals surface area contributed by atoms with E-state index in [4.69, 9.17) is 0 Å². The maximum absolute atomic E-state index is 12.4. The molecule has 7 heteroatoms. The van der Waals surface area contributed by atoms with Gasteiger partial charge in [0.2, 0.25) is 0 Å². The second-order valence-corrected chi connectivity index (χ2v) is 10.9. The highest BCUT2D eigenvalue weighted by molar-refractivity contribution is 7.79. The van der Waals surface area contributed by atoms with Gasteiger partial charge in [0.25, 0.3) is 5.56 Å². The number of aromatic amines is 1. The van der Waals surface area contributed by atoms with Crippen molar-refractivity contribution in [3.63, 3.8) is 0 Å². The number of rotatable bonds is 8. The fourth-order valence-electron chi connectivity index (χ4n) is 5.15. The maximum Gasteiger partial charge on any atom is 0.253 e. The van der Waals surface area contributed by atoms with Gasteiger partial charge in [0.1, 0.15) is 0 Å². The monoisotopic (exact) mass is 468 g/mol. The van der Waals surface area contributed by atoms with Crippen molar-refractivity contribution in [2.24, 2.45) is 13.0 Å². The number of pyridine rings is 1. The number of benzene rings is 1. The molecule has 0 bridgehead atoms. The molecule has 3 aromatic rings. The van der Waals surface area contributed by atoms with E-state index in [9.17, 15) is 13.6 Å². The van der Waals surface area contributed by atoms with E-state index in [-0.39, 0.29) is 11.3 Å². The highest BCUT2D eigenvalue weighted by atomic mass is 32.2. The van der Waals surface area contributed by atoms with Gasteiger partial charge in [-0.05, 0) is 73.9 Å². The Balaban J connectivity index is 1.59. The lowest BCUT2D eigenvalue weighted by Gasteiger charge is -2.39. The van der Waals surface area contributed by atoms with Crippen LogP contribution in [0.2, 0.25) is 0 Å². The van der Waals surface area contributed by atoms with E-state index in [2.05, 4.69) is 41.9 Å². The first-order valence-electron chi connectivity index (χ1n) is 11.8. The van der Waals surface area contributed by atoms with Crippen LogP contribution in [-0.2, 0) is 24.5 Å². The van der Waals surface area contributed by atoms with Crippen molar-refractivity contribution < 1.29 is 8.76 Å². The Morgan fingerprint density at radius 1 is 1.21 bits per heavy atom. The van der Waals surface area contributed by atoms with Crippen LogP contribution in [0.5, 0.6) is 0 Å². The van der Waals surface area contributed by atoms with Crippen molar-refractivity contribution in [2.75, 3.05) is 25.4 Å². The van der Waals surface area contributed by atoms with Crippen molar-refractivity contribution in [2.45, 2.75) is 46.5 Å². The molecule has 0 aliphatic carbocycles. The van der Waals surface area contributed by atoms with Gasteiger partial charge in [-0.2, -0.15) is 0 Å². The molecule has 0 spiro atoms. The summed E-state index contributed by atoms with van der Waals surface area (Å²) in [6.07, 6.45) is 3.70. The number of aryl methyl sites for hydroxylation is 1. The van der Waals surface area contributed by atoms with E-state index in [1.807, 2.05) is 27.1 Å². The molecule has 0 radical (unpaired) electrons. The zero-order valence-electron chi connectivity index (χ0n) is 20.2. The van der Waals surface area contributed by atoms with Crippen molar-refractivity contribution in [1.82, 2.24) is 14.5 Å². The fourth-order valence-corrected chi connectivity index (χ4v) is 5.52. The lowest BCUT2D eigenvalue weighted by Crippen LogP contribution is -2.48. The molecule has 2 aromatic heterocycles. The summed E-state index contributed by atoms with van der Waals surface area (Å²) in [4.78, 5) is 18.4. The summed E-state index contributed by atoms with van der Waals surface area (Å²) in [6, 6.07) is 6.73. The number of fused-ring (bicyclic) bond motifs is 1. The first-order chi connectivity index (χ1) is 15.7. The van der Waals surface area contributed by atoms with Crippen LogP contribution in [-0.4, -0.2) is 48.6 Å². The van der Waals surface area contributed by atoms with Crippen LogP contribution in [0.4, 0.5) is 0 Å². The SMILES string of the molecule is Cc1c(-c2[nH]c3ccc(CC4CN(CCCS(=O)[O-])C4)cc3c2C(C)C)cn(C)c(=O)c1C. The Morgan fingerprint density at radius 3 is 2.61 bits per heavy atom. The number of nitrogens with one attached hydrogen (secondary N) is 1. The van der Waals surface area contributed by atoms with Gasteiger partial charge >= 0.3 is 0 Å². The number of nitrogens with zero attached hydrogens (tertiary/aromatic N) is 2. The zero-order chi connectivity index (χ0) is 23.9. The third-order valence-electron chi connectivity index (χ3n) is 7.02. The molecule has 1 unspecified atom stereocenters. The molecule has 1 fully saturated rings. The Morgan fingerprint density at radius 2 is 1.94 bits per heavy atom. The minimum Gasteiger partial charge on any atom is -0.772 e. The summed E-state index contributed by atoms with van der Waals surface area (Å²) in [7, 11) is 1.82. The molecule has 1 aliphatic rings. The first kappa shape index (κ1) is 23.9. The molecule has 1 aliphatic heterocycles. The summed E-state index contributed by atoms with van der Waals surface area (Å²) in [5.74, 6) is 1.21. The van der Waals surface area contributed by atoms with Crippen LogP contribution in [0, 0.1) is 19.8 Å². The van der Waals surface area contributed by atoms with E-state index >= 15 is 0 Å². The van der Waals surface area contributed by atoms with Crippen molar-refractivity contribution in [1.29, 1.82) is 0 Å². The summed E-state index contributed by atoms with van der Waals surface area (Å²) in [5, 5.41) is 1.26. The van der Waals surface area contributed by atoms with Crippen LogP contribution in [0.1, 0.15) is 48.4 Å². The minimum atomic E-state index is -1.93. The predicted octanol–water partition coefficient (Wildman–Crippen LogP) is 4.02. The molecule has 4 rings (SSSR count). The number of hydrogen-bond acceptors (Lipinski definition) is 4. The molecule has 1 aromatic carbocycles. The molecule has 1 atom stereocenters. The standard InChI is InChI=1S/C26H35N3O3S/c1-16(2)24-21-12-19(11-20-13-29(14-20)9-6-10-33(31)32)7-8-23(21)27-25(24)22-15-28(5)26(30)18(4)17(22)3/h7-8,12,15-16,20,27H,6,9-11,13-14H2,1-5H3,(H,31,32)/p-1. The zero-order valence-corrected chi connectivity index (χ0v) is 21.1. The van der Waals surface area contributed by atoms with Crippen molar-refractivity contribution >= 4 is 22.0 Å². The Kier molecular flexibility index (Phi) is 6.93. The first-order valence-corrected chi connectivity index (χ1v) is 13.0. The summed E-state index contributed by atoms with van der Waals surface area (Å²) < 4.78 is 23.1. The second-order valence-electron chi connectivity index (χ2n) is 9.85. The van der Waals surface area contributed by atoms with Crippen molar-refractivity contribution in [3.8, 4) is 11.3 Å². The normalized spacial score (nSPS) is 16.0. The average molecular weight is 469 g/mol. The topological polar surface area (TPSA) is 81.2 Å². The Bertz CT molecular complexity index is 1250. The molecular weight excluding hydrogens is 434 g/mol. The van der Waals surface area contributed by atoms with E-state index in [1.54, 1.807) is 4.57 Å². The fraction of sp³-hybridized carbons (Fsp3) is 0.500. The van der Waals surface area contributed by atoms with Crippen LogP contribution in [0.25, 0.3) is 22.2 Å². The Hall–Kier alpha value is -2.22. The predicted molar refractivity (Wildman–Crippen MR) is 135 cm³/mol. The number of likely N-dealkylation sites (tertiary alicyclic amines) is 1. The molecule has 6 nitrogen and oxygen atoms in total. The van der Waals surface area contributed by atoms with Gasteiger partial charge < -0.3 is 19.0 Å². The summed E-state index contributed by atoms with van der Waals surface area (Å²) in [6.45, 7) is 11.3. The molecule has 33 heavy (non-hydrogen) atoms. The van der Waals surface area contributed by atoms with Crippen LogP contribution < -0.4 is 5.56 Å². The average Bonchev–Trinajstić information content (AvgIpc) is 3.11. The number of hydrogen-bond donors (Lipinski definition) is 1. The van der Waals surface area contributed by atoms with E-state index in [1.165, 1.54) is 16.5 Å². The highest BCUT2D eigenvalue weighted by Crippen LogP contribution is 2.37. The smallest absolute Gasteiger partial charge is 0.253 e. The van der Waals surface area contributed by atoms with Crippen LogP contribution >= 0.6 is 0 Å². The van der Waals surface area contributed by atoms with Gasteiger partial charge in [-0.1, -0.05) is 31.0 Å². The van der Waals surface area contributed by atoms with Gasteiger partial charge in [-0.15, -0.1) is 0 Å². The van der Waals surface area contributed by atoms with Gasteiger partial charge in [0.15, 0.2) is 0 Å². The lowest BCUT2D eigenvalue weighted by molar-refractivity contribution is 0.101. The van der Waals surface area contributed by atoms with E-state index < -0.39 is 11.1 Å². The van der Waals surface area contributed by atoms with Gasteiger partial charge in [-0.25, -0.2) is 0 Å². The summed E-state index contributed by atoms with van der Waals surface area (Å²) >= 11 is -1.93. The number of aromatic nitrogens is 2. The van der Waals surface area contributed by atoms with Gasteiger partial charge in [0, 0.05) is 54.1 Å². The van der Waals surface area contributed by atoms with Gasteiger partial charge in [-0.3, -0.25) is 9.00 Å². The van der Waals surface area contributed by atoms with Crippen LogP contribution in [0.15, 0.2) is 29.2 Å². The third kappa shape index (κ3) is 4.86. The third-order valence-corrected chi connectivity index (χ3v) is 7.64. The molecule has 1 N–H and O–H groups in total. The van der Waals surface area contributed by atoms with E-state index in [0.717, 1.165) is 54.0 Å². The molecule has 0 saturated carbocycles. The molecule has 1 saturated heterocycles. The summed E-state index contributed by atoms with van der Waals surface area (Å²) in [5.41, 5.74) is 7.84. The minimum absolute atomic E-state index is 0.0524. The van der Waals surface area contributed by atoms with Gasteiger partial charge in [0.05, 0.1) is 5.69 Å². The Labute approximate surface area is 198 Å². The maximum atomic E-state index is 12.4. The largest absolute Gasteiger partial charge is 0.772 e. The molecule has 0 amide bonds. The van der Waals surface area contributed by atoms with Crippen LogP contribution in [0.3, 0.4) is 0 Å². The van der Waals surface area contributed by atoms with Crippen molar-refractivity contribution in [3.05, 3.63) is 57.0 Å². The highest BCUT2D eigenvalue weighted by Gasteiger charge is 2.26. The second kappa shape index (κ2) is 9.57. The molecule has 3 heterocycles. The quantitative estimate of drug-likeness (QED) is 0.507. The number of H-pyrrole nitrogens is 1. The lowest BCUT2D eigenvalue weighted by atomic mass is 9.90. The van der Waals surface area contributed by atoms with E-state index in [0.29, 0.717) is 18.3 Å². The molecular formula is C26H34N3O3S-. The molecule has 178 valence electrons.